The molecule has 1 aromatic heterocycles. The molecule has 4 nitrogen and oxygen atoms in total. The Balaban J connectivity index is 1.60. The summed E-state index contributed by atoms with van der Waals surface area (Å²) >= 11 is 0. The Morgan fingerprint density at radius 2 is 2.15 bits per heavy atom. The van der Waals surface area contributed by atoms with Gasteiger partial charge in [-0.05, 0) is 51.4 Å². The van der Waals surface area contributed by atoms with Gasteiger partial charge in [-0.3, -0.25) is 0 Å². The Kier molecular flexibility index (Phi) is 4.22. The summed E-state index contributed by atoms with van der Waals surface area (Å²) in [6.45, 7) is 3.22. The topological polar surface area (TPSA) is 31.4 Å². The van der Waals surface area contributed by atoms with Crippen molar-refractivity contribution in [1.29, 1.82) is 0 Å². The monoisotopic (exact) mass is 274 g/mol. The highest BCUT2D eigenvalue weighted by Gasteiger charge is 2.26. The minimum atomic E-state index is 0.618. The van der Waals surface area contributed by atoms with Crippen LogP contribution < -0.4 is 10.2 Å². The number of nitrogens with zero attached hydrogens (tertiary/aromatic N) is 3. The molecule has 1 aliphatic heterocycles. The fourth-order valence-corrected chi connectivity index (χ4v) is 2.99. The lowest BCUT2D eigenvalue weighted by atomic mass is 10.2. The van der Waals surface area contributed by atoms with Crippen molar-refractivity contribution in [1.82, 2.24) is 15.2 Å². The summed E-state index contributed by atoms with van der Waals surface area (Å²) in [5.74, 6) is 1.14. The third kappa shape index (κ3) is 3.49. The van der Waals surface area contributed by atoms with Crippen molar-refractivity contribution in [2.24, 2.45) is 0 Å². The summed E-state index contributed by atoms with van der Waals surface area (Å²) in [6, 6.07) is 5.80. The fourth-order valence-electron chi connectivity index (χ4n) is 2.99. The number of hydrogen-bond acceptors (Lipinski definition) is 4. The van der Waals surface area contributed by atoms with Crippen molar-refractivity contribution in [2.75, 3.05) is 32.1 Å². The van der Waals surface area contributed by atoms with Crippen LogP contribution in [0.2, 0.25) is 0 Å². The van der Waals surface area contributed by atoms with Gasteiger partial charge < -0.3 is 15.1 Å². The quantitative estimate of drug-likeness (QED) is 0.858. The molecule has 3 rings (SSSR count). The zero-order valence-electron chi connectivity index (χ0n) is 12.7. The first-order chi connectivity index (χ1) is 9.72. The molecule has 20 heavy (non-hydrogen) atoms. The molecule has 2 aliphatic rings. The van der Waals surface area contributed by atoms with Gasteiger partial charge in [0.1, 0.15) is 5.82 Å². The maximum atomic E-state index is 4.68. The van der Waals surface area contributed by atoms with Crippen LogP contribution in [-0.4, -0.2) is 49.2 Å². The lowest BCUT2D eigenvalue weighted by Crippen LogP contribution is -2.38. The minimum Gasteiger partial charge on any atom is -0.352 e. The molecule has 2 fully saturated rings. The molecule has 1 atom stereocenters. The third-order valence-corrected chi connectivity index (χ3v) is 4.23. The van der Waals surface area contributed by atoms with E-state index in [0.29, 0.717) is 6.04 Å². The molecule has 1 aliphatic carbocycles. The van der Waals surface area contributed by atoms with E-state index in [0.717, 1.165) is 31.5 Å². The average Bonchev–Trinajstić information content (AvgIpc) is 3.16. The van der Waals surface area contributed by atoms with Crippen LogP contribution in [-0.2, 0) is 6.54 Å². The van der Waals surface area contributed by atoms with Gasteiger partial charge in [0.05, 0.1) is 0 Å². The van der Waals surface area contributed by atoms with E-state index in [9.17, 15) is 0 Å². The van der Waals surface area contributed by atoms with Crippen LogP contribution in [0.25, 0.3) is 0 Å². The number of anilines is 1. The first-order valence-corrected chi connectivity index (χ1v) is 7.82. The van der Waals surface area contributed by atoms with Crippen LogP contribution >= 0.6 is 0 Å². The Labute approximate surface area is 122 Å². The van der Waals surface area contributed by atoms with Crippen LogP contribution in [0.15, 0.2) is 18.3 Å². The second kappa shape index (κ2) is 6.10. The lowest BCUT2D eigenvalue weighted by Gasteiger charge is -2.28. The lowest BCUT2D eigenvalue weighted by molar-refractivity contribution is 0.371. The van der Waals surface area contributed by atoms with E-state index in [1.165, 1.54) is 31.2 Å². The van der Waals surface area contributed by atoms with Crippen LogP contribution in [0.4, 0.5) is 5.82 Å². The van der Waals surface area contributed by atoms with Crippen molar-refractivity contribution in [3.05, 3.63) is 23.9 Å². The maximum Gasteiger partial charge on any atom is 0.128 e. The second-order valence-electron chi connectivity index (χ2n) is 6.43. The van der Waals surface area contributed by atoms with Gasteiger partial charge in [-0.2, -0.15) is 0 Å². The van der Waals surface area contributed by atoms with Gasteiger partial charge in [0, 0.05) is 37.9 Å². The first kappa shape index (κ1) is 13.8. The van der Waals surface area contributed by atoms with Crippen LogP contribution in [0.5, 0.6) is 0 Å². The van der Waals surface area contributed by atoms with Crippen LogP contribution in [0.1, 0.15) is 31.2 Å². The molecule has 1 N–H and O–H groups in total. The summed E-state index contributed by atoms with van der Waals surface area (Å²) < 4.78 is 0. The van der Waals surface area contributed by atoms with E-state index < -0.39 is 0 Å². The summed E-state index contributed by atoms with van der Waals surface area (Å²) in [6.07, 6.45) is 7.28. The van der Waals surface area contributed by atoms with Crippen molar-refractivity contribution in [3.63, 3.8) is 0 Å². The number of aromatic nitrogens is 1. The molecule has 1 saturated carbocycles. The number of hydrogen-bond donors (Lipinski definition) is 1. The smallest absolute Gasteiger partial charge is 0.128 e. The molecule has 0 bridgehead atoms. The number of nitrogens with one attached hydrogen (secondary N) is 1. The Morgan fingerprint density at radius 3 is 2.80 bits per heavy atom. The van der Waals surface area contributed by atoms with E-state index >= 15 is 0 Å². The van der Waals surface area contributed by atoms with Crippen molar-refractivity contribution in [3.8, 4) is 0 Å². The molecule has 0 spiro atoms. The predicted molar refractivity (Wildman–Crippen MR) is 83.0 cm³/mol. The molecule has 2 heterocycles. The normalized spacial score (nSPS) is 22.8. The predicted octanol–water partition coefficient (Wildman–Crippen LogP) is 1.86. The molecule has 0 amide bonds. The molecule has 1 aromatic rings. The summed E-state index contributed by atoms with van der Waals surface area (Å²) in [4.78, 5) is 9.43. The second-order valence-corrected chi connectivity index (χ2v) is 6.43. The van der Waals surface area contributed by atoms with Gasteiger partial charge in [0.15, 0.2) is 0 Å². The minimum absolute atomic E-state index is 0.618. The highest BCUT2D eigenvalue weighted by atomic mass is 15.3. The van der Waals surface area contributed by atoms with Gasteiger partial charge in [-0.15, -0.1) is 0 Å². The van der Waals surface area contributed by atoms with Crippen LogP contribution in [0, 0.1) is 0 Å². The largest absolute Gasteiger partial charge is 0.352 e. The molecule has 110 valence electrons. The van der Waals surface area contributed by atoms with Gasteiger partial charge in [0.2, 0.25) is 0 Å². The molecular formula is C16H26N4. The number of pyridine rings is 1. The fraction of sp³-hybridized carbons (Fsp3) is 0.688. The van der Waals surface area contributed by atoms with Crippen molar-refractivity contribution >= 4 is 5.82 Å². The highest BCUT2D eigenvalue weighted by Crippen LogP contribution is 2.24. The molecule has 0 radical (unpaired) electrons. The SMILES string of the molecule is CN(C)CC1CCCN1c1ccc(CNC2CC2)cn1. The Hall–Kier alpha value is -1.13. The molecule has 4 heteroatoms. The zero-order valence-corrected chi connectivity index (χ0v) is 12.7. The highest BCUT2D eigenvalue weighted by molar-refractivity contribution is 5.42. The summed E-state index contributed by atoms with van der Waals surface area (Å²) in [5, 5.41) is 3.54. The standard InChI is InChI=1S/C16H26N4/c1-19(2)12-15-4-3-9-20(15)16-8-5-13(11-18-16)10-17-14-6-7-14/h5,8,11,14-15,17H,3-4,6-7,9-10,12H2,1-2H3. The van der Waals surface area contributed by atoms with E-state index in [1.54, 1.807) is 0 Å². The summed E-state index contributed by atoms with van der Waals surface area (Å²) in [7, 11) is 4.30. The van der Waals surface area contributed by atoms with Gasteiger partial charge >= 0.3 is 0 Å². The Bertz CT molecular complexity index is 425. The van der Waals surface area contributed by atoms with E-state index in [1.807, 2.05) is 6.20 Å². The van der Waals surface area contributed by atoms with E-state index in [4.69, 9.17) is 0 Å². The van der Waals surface area contributed by atoms with Crippen LogP contribution in [0.3, 0.4) is 0 Å². The number of rotatable bonds is 6. The number of likely N-dealkylation sites (N-methyl/N-ethyl adjacent to an activating group) is 1. The Morgan fingerprint density at radius 1 is 1.30 bits per heavy atom. The van der Waals surface area contributed by atoms with Crippen molar-refractivity contribution < 1.29 is 0 Å². The molecule has 0 aromatic carbocycles. The van der Waals surface area contributed by atoms with E-state index in [-0.39, 0.29) is 0 Å². The van der Waals surface area contributed by atoms with Gasteiger partial charge in [-0.1, -0.05) is 6.07 Å². The molecule has 1 unspecified atom stereocenters. The zero-order chi connectivity index (χ0) is 13.9. The van der Waals surface area contributed by atoms with Crippen molar-refractivity contribution in [2.45, 2.75) is 44.3 Å². The third-order valence-electron chi connectivity index (χ3n) is 4.23. The average molecular weight is 274 g/mol. The summed E-state index contributed by atoms with van der Waals surface area (Å²) in [5.41, 5.74) is 1.30. The van der Waals surface area contributed by atoms with Gasteiger partial charge in [0.25, 0.3) is 0 Å². The molecular weight excluding hydrogens is 248 g/mol. The van der Waals surface area contributed by atoms with E-state index in [2.05, 4.69) is 46.3 Å². The molecule has 1 saturated heterocycles. The first-order valence-electron chi connectivity index (χ1n) is 7.82. The maximum absolute atomic E-state index is 4.68. The van der Waals surface area contributed by atoms with Gasteiger partial charge in [-0.25, -0.2) is 4.98 Å².